The second-order valence-electron chi connectivity index (χ2n) is 5.99. The molecule has 0 amide bonds. The molecule has 1 aliphatic heterocycles. The molecular formula is C13H21N4O2. The van der Waals surface area contributed by atoms with Crippen molar-refractivity contribution in [2.75, 3.05) is 0 Å². The smallest absolute Gasteiger partial charge is 0.320 e. The zero-order valence-corrected chi connectivity index (χ0v) is 12.4. The highest BCUT2D eigenvalue weighted by molar-refractivity contribution is 5.96. The molecule has 0 unspecified atom stereocenters. The zero-order chi connectivity index (χ0) is 14.6. The highest BCUT2D eigenvalue weighted by Gasteiger charge is 2.60. The molecule has 2 heterocycles. The van der Waals surface area contributed by atoms with Gasteiger partial charge in [0.15, 0.2) is 5.54 Å². The van der Waals surface area contributed by atoms with Crippen LogP contribution in [0.15, 0.2) is 6.20 Å². The number of aryl methyl sites for hydroxylation is 1. The summed E-state index contributed by atoms with van der Waals surface area (Å²) in [5, 5.41) is 30.0. The number of nitrogens with zero attached hydrogens (tertiary/aromatic N) is 4. The SMILES string of the molecule is CCn1ncc(C2=[N+]([O-])C(C)(C)C(C)(C)N2[O])c1C. The molecule has 2 rings (SSSR count). The predicted molar refractivity (Wildman–Crippen MR) is 71.1 cm³/mol. The van der Waals surface area contributed by atoms with Crippen LogP contribution in [0.2, 0.25) is 0 Å². The Kier molecular flexibility index (Phi) is 2.89. The highest BCUT2D eigenvalue weighted by atomic mass is 16.5. The Morgan fingerprint density at radius 1 is 1.37 bits per heavy atom. The van der Waals surface area contributed by atoms with Crippen molar-refractivity contribution in [1.82, 2.24) is 14.8 Å². The van der Waals surface area contributed by atoms with Crippen LogP contribution in [0.1, 0.15) is 45.9 Å². The molecule has 1 radical (unpaired) electrons. The van der Waals surface area contributed by atoms with E-state index in [2.05, 4.69) is 5.10 Å². The highest BCUT2D eigenvalue weighted by Crippen LogP contribution is 2.37. The molecule has 0 atom stereocenters. The van der Waals surface area contributed by atoms with Crippen molar-refractivity contribution in [2.45, 2.75) is 59.2 Å². The summed E-state index contributed by atoms with van der Waals surface area (Å²) in [6, 6.07) is 0. The number of hydrogen-bond donors (Lipinski definition) is 0. The van der Waals surface area contributed by atoms with Gasteiger partial charge < -0.3 is 5.21 Å². The molecule has 0 fully saturated rings. The third kappa shape index (κ3) is 1.59. The molecule has 1 aromatic heterocycles. The zero-order valence-electron chi connectivity index (χ0n) is 12.4. The van der Waals surface area contributed by atoms with E-state index in [0.29, 0.717) is 12.1 Å². The van der Waals surface area contributed by atoms with Gasteiger partial charge in [0.2, 0.25) is 0 Å². The van der Waals surface area contributed by atoms with Crippen LogP contribution in [0.25, 0.3) is 0 Å². The van der Waals surface area contributed by atoms with Crippen LogP contribution in [0, 0.1) is 12.1 Å². The minimum Gasteiger partial charge on any atom is -0.714 e. The second-order valence-corrected chi connectivity index (χ2v) is 5.99. The second kappa shape index (κ2) is 3.96. The van der Waals surface area contributed by atoms with Gasteiger partial charge in [0, 0.05) is 11.8 Å². The molecule has 0 saturated carbocycles. The fourth-order valence-corrected chi connectivity index (χ4v) is 2.31. The van der Waals surface area contributed by atoms with Gasteiger partial charge in [-0.2, -0.15) is 5.10 Å². The van der Waals surface area contributed by atoms with E-state index >= 15 is 0 Å². The van der Waals surface area contributed by atoms with Crippen molar-refractivity contribution in [1.29, 1.82) is 0 Å². The van der Waals surface area contributed by atoms with Crippen LogP contribution >= 0.6 is 0 Å². The van der Waals surface area contributed by atoms with Crippen LogP contribution < -0.4 is 0 Å². The van der Waals surface area contributed by atoms with E-state index in [0.717, 1.165) is 15.5 Å². The normalized spacial score (nSPS) is 21.3. The maximum atomic E-state index is 12.5. The fourth-order valence-electron chi connectivity index (χ4n) is 2.31. The Bertz CT molecular complexity index is 543. The molecular weight excluding hydrogens is 244 g/mol. The molecule has 6 heteroatoms. The lowest BCUT2D eigenvalue weighted by Crippen LogP contribution is -2.53. The topological polar surface area (TPSA) is 67.0 Å². The summed E-state index contributed by atoms with van der Waals surface area (Å²) in [7, 11) is 0. The molecule has 0 bridgehead atoms. The van der Waals surface area contributed by atoms with E-state index < -0.39 is 11.1 Å². The van der Waals surface area contributed by atoms with E-state index in [-0.39, 0.29) is 5.84 Å². The third-order valence-electron chi connectivity index (χ3n) is 4.54. The van der Waals surface area contributed by atoms with Crippen molar-refractivity contribution in [2.24, 2.45) is 0 Å². The van der Waals surface area contributed by atoms with Crippen LogP contribution in [0.5, 0.6) is 0 Å². The molecule has 0 aromatic carbocycles. The first-order valence-electron chi connectivity index (χ1n) is 6.50. The van der Waals surface area contributed by atoms with Gasteiger partial charge in [-0.1, -0.05) is 5.06 Å². The lowest BCUT2D eigenvalue weighted by atomic mass is 9.84. The van der Waals surface area contributed by atoms with E-state index in [9.17, 15) is 10.4 Å². The van der Waals surface area contributed by atoms with Crippen molar-refractivity contribution >= 4 is 5.84 Å². The van der Waals surface area contributed by atoms with Crippen LogP contribution in [-0.2, 0) is 11.8 Å². The quantitative estimate of drug-likeness (QED) is 0.603. The van der Waals surface area contributed by atoms with Crippen molar-refractivity contribution in [3.8, 4) is 0 Å². The van der Waals surface area contributed by atoms with Crippen molar-refractivity contribution in [3.05, 3.63) is 22.7 Å². The number of aromatic nitrogens is 2. The summed E-state index contributed by atoms with van der Waals surface area (Å²) in [5.41, 5.74) is -0.117. The summed E-state index contributed by atoms with van der Waals surface area (Å²) >= 11 is 0. The molecule has 1 aliphatic rings. The molecule has 6 nitrogen and oxygen atoms in total. The molecule has 1 aromatic rings. The molecule has 105 valence electrons. The number of hydrogen-bond acceptors (Lipinski definition) is 3. The Labute approximate surface area is 113 Å². The third-order valence-corrected chi connectivity index (χ3v) is 4.54. The van der Waals surface area contributed by atoms with Crippen molar-refractivity contribution < 1.29 is 9.95 Å². The Hall–Kier alpha value is -1.56. The van der Waals surface area contributed by atoms with Crippen molar-refractivity contribution in [3.63, 3.8) is 0 Å². The standard InChI is InChI=1S/C13H21N4O2/c1-7-15-9(2)10(8-14-15)11-16(18)12(3,4)13(5,6)17(11)19/h8H,7H2,1-6H3. The summed E-state index contributed by atoms with van der Waals surface area (Å²) in [4.78, 5) is 0. The maximum Gasteiger partial charge on any atom is 0.320 e. The maximum absolute atomic E-state index is 12.5. The largest absolute Gasteiger partial charge is 0.714 e. The lowest BCUT2D eigenvalue weighted by molar-refractivity contribution is -0.539. The average molecular weight is 265 g/mol. The molecule has 19 heavy (non-hydrogen) atoms. The lowest BCUT2D eigenvalue weighted by Gasteiger charge is -2.32. The van der Waals surface area contributed by atoms with Gasteiger partial charge >= 0.3 is 5.84 Å². The summed E-state index contributed by atoms with van der Waals surface area (Å²) in [6.07, 6.45) is 1.60. The van der Waals surface area contributed by atoms with Gasteiger partial charge in [-0.15, -0.1) is 0 Å². The summed E-state index contributed by atoms with van der Waals surface area (Å²) in [6.45, 7) is 11.7. The first-order valence-corrected chi connectivity index (χ1v) is 6.50. The molecule has 0 aliphatic carbocycles. The number of hydroxylamine groups is 3. The number of rotatable bonds is 2. The fraction of sp³-hybridized carbons (Fsp3) is 0.692. The monoisotopic (exact) mass is 265 g/mol. The van der Waals surface area contributed by atoms with Crippen LogP contribution in [0.4, 0.5) is 0 Å². The summed E-state index contributed by atoms with van der Waals surface area (Å²) < 4.78 is 2.60. The van der Waals surface area contributed by atoms with E-state index in [1.165, 1.54) is 0 Å². The number of amidine groups is 1. The first-order chi connectivity index (χ1) is 8.66. The van der Waals surface area contributed by atoms with Gasteiger partial charge in [-0.25, -0.2) is 0 Å². The van der Waals surface area contributed by atoms with E-state index in [4.69, 9.17) is 0 Å². The molecule has 0 saturated heterocycles. The van der Waals surface area contributed by atoms with Gasteiger partial charge in [0.25, 0.3) is 0 Å². The van der Waals surface area contributed by atoms with Crippen LogP contribution in [-0.4, -0.2) is 36.5 Å². The minimum atomic E-state index is -0.787. The van der Waals surface area contributed by atoms with Gasteiger partial charge in [0.1, 0.15) is 11.1 Å². The van der Waals surface area contributed by atoms with Crippen LogP contribution in [0.3, 0.4) is 0 Å². The Morgan fingerprint density at radius 2 is 1.95 bits per heavy atom. The Morgan fingerprint density at radius 3 is 2.32 bits per heavy atom. The van der Waals surface area contributed by atoms with E-state index in [1.807, 2.05) is 13.8 Å². The van der Waals surface area contributed by atoms with Gasteiger partial charge in [0.05, 0.1) is 11.9 Å². The molecule has 0 spiro atoms. The predicted octanol–water partition coefficient (Wildman–Crippen LogP) is 1.69. The van der Waals surface area contributed by atoms with Gasteiger partial charge in [-0.3, -0.25) is 9.42 Å². The van der Waals surface area contributed by atoms with E-state index in [1.54, 1.807) is 38.6 Å². The Balaban J connectivity index is 2.62. The van der Waals surface area contributed by atoms with Gasteiger partial charge in [-0.05, 0) is 41.5 Å². The minimum absolute atomic E-state index is 0.159. The first kappa shape index (κ1) is 13.9. The summed E-state index contributed by atoms with van der Waals surface area (Å²) in [5.74, 6) is 0.159. The molecule has 0 N–H and O–H groups in total. The average Bonchev–Trinajstić information content (AvgIpc) is 2.74.